The molecule has 0 atom stereocenters. The van der Waals surface area contributed by atoms with Crippen LogP contribution in [0.25, 0.3) is 0 Å². The van der Waals surface area contributed by atoms with Crippen LogP contribution in [0.2, 0.25) is 5.02 Å². The van der Waals surface area contributed by atoms with Gasteiger partial charge in [-0.2, -0.15) is 5.10 Å². The van der Waals surface area contributed by atoms with Gasteiger partial charge in [0.25, 0.3) is 0 Å². The number of halogens is 2. The Morgan fingerprint density at radius 1 is 1.41 bits per heavy atom. The van der Waals surface area contributed by atoms with Gasteiger partial charge in [-0.3, -0.25) is 4.68 Å². The number of hydrogen-bond donors (Lipinski definition) is 1. The number of aryl methyl sites for hydroxylation is 1. The molecular formula is C12H13BrClN3. The Morgan fingerprint density at radius 3 is 2.94 bits per heavy atom. The minimum absolute atomic E-state index is 0.723. The number of rotatable bonds is 4. The average molecular weight is 315 g/mol. The maximum absolute atomic E-state index is 5.89. The first kappa shape index (κ1) is 12.5. The molecule has 3 nitrogen and oxygen atoms in total. The second-order valence-electron chi connectivity index (χ2n) is 3.62. The molecule has 0 fully saturated rings. The average Bonchev–Trinajstić information content (AvgIpc) is 2.75. The summed E-state index contributed by atoms with van der Waals surface area (Å²) in [6, 6.07) is 7.71. The summed E-state index contributed by atoms with van der Waals surface area (Å²) in [7, 11) is 0. The Hall–Kier alpha value is -1.000. The molecule has 1 aromatic carbocycles. The number of anilines is 1. The highest BCUT2D eigenvalue weighted by molar-refractivity contribution is 9.10. The Labute approximate surface area is 114 Å². The van der Waals surface area contributed by atoms with Crippen LogP contribution in [0, 0.1) is 0 Å². The van der Waals surface area contributed by atoms with Crippen molar-refractivity contribution in [3.8, 4) is 0 Å². The third kappa shape index (κ3) is 3.01. The molecule has 2 aromatic rings. The van der Waals surface area contributed by atoms with Gasteiger partial charge >= 0.3 is 0 Å². The van der Waals surface area contributed by atoms with Crippen molar-refractivity contribution in [3.63, 3.8) is 0 Å². The Kier molecular flexibility index (Phi) is 4.07. The first-order valence-corrected chi connectivity index (χ1v) is 6.57. The summed E-state index contributed by atoms with van der Waals surface area (Å²) in [4.78, 5) is 0. The van der Waals surface area contributed by atoms with Crippen LogP contribution in [0.3, 0.4) is 0 Å². The van der Waals surface area contributed by atoms with Gasteiger partial charge in [0.2, 0.25) is 0 Å². The molecule has 0 saturated heterocycles. The summed E-state index contributed by atoms with van der Waals surface area (Å²) < 4.78 is 2.93. The lowest BCUT2D eigenvalue weighted by molar-refractivity contribution is 0.627. The van der Waals surface area contributed by atoms with Crippen molar-refractivity contribution in [2.75, 3.05) is 5.32 Å². The van der Waals surface area contributed by atoms with Crippen LogP contribution < -0.4 is 5.32 Å². The largest absolute Gasteiger partial charge is 0.378 e. The molecule has 90 valence electrons. The molecule has 0 bridgehead atoms. The molecule has 5 heteroatoms. The number of benzene rings is 1. The van der Waals surface area contributed by atoms with E-state index in [0.717, 1.165) is 34.0 Å². The van der Waals surface area contributed by atoms with E-state index in [1.54, 1.807) is 0 Å². The summed E-state index contributed by atoms with van der Waals surface area (Å²) in [6.45, 7) is 3.70. The van der Waals surface area contributed by atoms with E-state index < -0.39 is 0 Å². The summed E-state index contributed by atoms with van der Waals surface area (Å²) >= 11 is 9.37. The molecule has 0 unspecified atom stereocenters. The fraction of sp³-hybridized carbons (Fsp3) is 0.250. The summed E-state index contributed by atoms with van der Waals surface area (Å²) in [5, 5.41) is 8.30. The van der Waals surface area contributed by atoms with Gasteiger partial charge in [0.05, 0.1) is 12.2 Å². The molecular weight excluding hydrogens is 302 g/mol. The van der Waals surface area contributed by atoms with E-state index in [-0.39, 0.29) is 0 Å². The molecule has 1 N–H and O–H groups in total. The molecule has 17 heavy (non-hydrogen) atoms. The molecule has 0 spiro atoms. The quantitative estimate of drug-likeness (QED) is 0.926. The lowest BCUT2D eigenvalue weighted by Crippen LogP contribution is -2.08. The number of nitrogens with one attached hydrogen (secondary N) is 1. The Bertz CT molecular complexity index is 510. The number of nitrogens with zero attached hydrogens (tertiary/aromatic N) is 2. The maximum atomic E-state index is 5.89. The Morgan fingerprint density at radius 2 is 2.24 bits per heavy atom. The van der Waals surface area contributed by atoms with Crippen molar-refractivity contribution in [3.05, 3.63) is 45.7 Å². The van der Waals surface area contributed by atoms with Crippen molar-refractivity contribution >= 4 is 33.2 Å². The fourth-order valence-electron chi connectivity index (χ4n) is 1.61. The van der Waals surface area contributed by atoms with Crippen molar-refractivity contribution in [1.82, 2.24) is 9.78 Å². The van der Waals surface area contributed by atoms with Gasteiger partial charge in [0.1, 0.15) is 0 Å². The molecule has 0 amide bonds. The van der Waals surface area contributed by atoms with Gasteiger partial charge in [-0.1, -0.05) is 11.6 Å². The van der Waals surface area contributed by atoms with Crippen LogP contribution in [0.4, 0.5) is 5.69 Å². The van der Waals surface area contributed by atoms with E-state index >= 15 is 0 Å². The predicted molar refractivity (Wildman–Crippen MR) is 74.4 cm³/mol. The first-order chi connectivity index (χ1) is 8.20. The van der Waals surface area contributed by atoms with Crippen LogP contribution in [0.15, 0.2) is 34.9 Å². The lowest BCUT2D eigenvalue weighted by atomic mass is 10.3. The van der Waals surface area contributed by atoms with Gasteiger partial charge in [-0.25, -0.2) is 0 Å². The van der Waals surface area contributed by atoms with Crippen LogP contribution in [0.1, 0.15) is 12.6 Å². The smallest absolute Gasteiger partial charge is 0.0575 e. The maximum Gasteiger partial charge on any atom is 0.0575 e. The Balaban J connectivity index is 2.07. The van der Waals surface area contributed by atoms with Crippen LogP contribution in [-0.4, -0.2) is 9.78 Å². The van der Waals surface area contributed by atoms with Crippen molar-refractivity contribution in [2.45, 2.75) is 20.0 Å². The van der Waals surface area contributed by atoms with Crippen molar-refractivity contribution in [2.24, 2.45) is 0 Å². The third-order valence-electron chi connectivity index (χ3n) is 2.50. The molecule has 0 aliphatic carbocycles. The van der Waals surface area contributed by atoms with E-state index in [0.29, 0.717) is 0 Å². The standard InChI is InChI=1S/C12H13BrClN3/c1-2-17-10(5-6-16-17)8-15-12-4-3-9(14)7-11(12)13/h3-7,15H,2,8H2,1H3. The predicted octanol–water partition coefficient (Wildman–Crippen LogP) is 3.93. The first-order valence-electron chi connectivity index (χ1n) is 5.40. The normalized spacial score (nSPS) is 10.5. The molecule has 1 aromatic heterocycles. The second-order valence-corrected chi connectivity index (χ2v) is 4.91. The zero-order chi connectivity index (χ0) is 12.3. The second kappa shape index (κ2) is 5.56. The van der Waals surface area contributed by atoms with Gasteiger partial charge in [0.15, 0.2) is 0 Å². The van der Waals surface area contributed by atoms with E-state index in [9.17, 15) is 0 Å². The molecule has 1 heterocycles. The molecule has 2 rings (SSSR count). The van der Waals surface area contributed by atoms with E-state index in [1.165, 1.54) is 0 Å². The highest BCUT2D eigenvalue weighted by atomic mass is 79.9. The zero-order valence-corrected chi connectivity index (χ0v) is 11.8. The summed E-state index contributed by atoms with van der Waals surface area (Å²) in [5.74, 6) is 0. The molecule has 0 radical (unpaired) electrons. The van der Waals surface area contributed by atoms with Crippen molar-refractivity contribution in [1.29, 1.82) is 0 Å². The zero-order valence-electron chi connectivity index (χ0n) is 9.45. The lowest BCUT2D eigenvalue weighted by Gasteiger charge is -2.10. The van der Waals surface area contributed by atoms with E-state index in [1.807, 2.05) is 35.1 Å². The monoisotopic (exact) mass is 313 g/mol. The summed E-state index contributed by atoms with van der Waals surface area (Å²) in [5.41, 5.74) is 2.19. The highest BCUT2D eigenvalue weighted by Crippen LogP contribution is 2.26. The number of hydrogen-bond acceptors (Lipinski definition) is 2. The SMILES string of the molecule is CCn1nccc1CNc1ccc(Cl)cc1Br. The minimum Gasteiger partial charge on any atom is -0.378 e. The fourth-order valence-corrected chi connectivity index (χ4v) is 2.44. The highest BCUT2D eigenvalue weighted by Gasteiger charge is 2.03. The van der Waals surface area contributed by atoms with E-state index in [4.69, 9.17) is 11.6 Å². The molecule has 0 saturated carbocycles. The van der Waals surface area contributed by atoms with Crippen LogP contribution in [-0.2, 0) is 13.1 Å². The van der Waals surface area contributed by atoms with E-state index in [2.05, 4.69) is 33.3 Å². The van der Waals surface area contributed by atoms with Crippen LogP contribution in [0.5, 0.6) is 0 Å². The van der Waals surface area contributed by atoms with Gasteiger partial charge in [-0.15, -0.1) is 0 Å². The topological polar surface area (TPSA) is 29.9 Å². The molecule has 0 aliphatic heterocycles. The van der Waals surface area contributed by atoms with Gasteiger partial charge in [-0.05, 0) is 47.1 Å². The minimum atomic E-state index is 0.723. The number of aromatic nitrogens is 2. The van der Waals surface area contributed by atoms with Crippen molar-refractivity contribution < 1.29 is 0 Å². The van der Waals surface area contributed by atoms with Gasteiger partial charge in [0, 0.05) is 27.9 Å². The van der Waals surface area contributed by atoms with Crippen LogP contribution >= 0.6 is 27.5 Å². The van der Waals surface area contributed by atoms with Gasteiger partial charge < -0.3 is 5.32 Å². The molecule has 0 aliphatic rings. The third-order valence-corrected chi connectivity index (χ3v) is 3.39. The summed E-state index contributed by atoms with van der Waals surface area (Å²) in [6.07, 6.45) is 1.82.